The molecule has 0 aliphatic carbocycles. The van der Waals surface area contributed by atoms with Crippen LogP contribution in [-0.4, -0.2) is 30.7 Å². The quantitative estimate of drug-likeness (QED) is 0.893. The fraction of sp³-hybridized carbons (Fsp3) is 0.200. The molecule has 19 heavy (non-hydrogen) atoms. The van der Waals surface area contributed by atoms with Gasteiger partial charge in [0.1, 0.15) is 0 Å². The van der Waals surface area contributed by atoms with Crippen LogP contribution in [0.15, 0.2) is 23.1 Å². The largest absolute Gasteiger partial charge is 0.466 e. The van der Waals surface area contributed by atoms with Crippen LogP contribution in [-0.2, 0) is 10.0 Å². The number of anilines is 1. The molecule has 7 nitrogen and oxygen atoms in total. The number of ether oxygens (including phenoxy) is 1. The topological polar surface area (TPSA) is 97.0 Å². The van der Waals surface area contributed by atoms with Crippen molar-refractivity contribution in [1.29, 1.82) is 0 Å². The molecule has 0 aliphatic rings. The first-order valence-electron chi connectivity index (χ1n) is 5.18. The third-order valence-corrected chi connectivity index (χ3v) is 4.04. The zero-order valence-electron chi connectivity index (χ0n) is 10.1. The van der Waals surface area contributed by atoms with Gasteiger partial charge in [-0.15, -0.1) is 5.10 Å². The van der Waals surface area contributed by atoms with E-state index < -0.39 is 10.0 Å². The number of H-pyrrole nitrogens is 1. The van der Waals surface area contributed by atoms with Gasteiger partial charge < -0.3 is 4.74 Å². The van der Waals surface area contributed by atoms with Crippen molar-refractivity contribution in [2.75, 3.05) is 11.8 Å². The van der Waals surface area contributed by atoms with Gasteiger partial charge in [0.05, 0.1) is 12.0 Å². The number of hydrogen-bond donors (Lipinski definition) is 2. The Morgan fingerprint density at radius 2 is 2.16 bits per heavy atom. The first-order chi connectivity index (χ1) is 8.92. The van der Waals surface area contributed by atoms with Gasteiger partial charge in [-0.05, 0) is 30.7 Å². The van der Waals surface area contributed by atoms with E-state index in [0.717, 1.165) is 0 Å². The smallest absolute Gasteiger partial charge is 0.336 e. The van der Waals surface area contributed by atoms with E-state index in [1.54, 1.807) is 13.0 Å². The summed E-state index contributed by atoms with van der Waals surface area (Å²) in [7, 11) is -2.37. The van der Waals surface area contributed by atoms with E-state index >= 15 is 0 Å². The van der Waals surface area contributed by atoms with Crippen LogP contribution < -0.4 is 9.46 Å². The number of hydrogen-bond acceptors (Lipinski definition) is 5. The van der Waals surface area contributed by atoms with Gasteiger partial charge in [0.25, 0.3) is 10.0 Å². The number of benzene rings is 1. The number of aromatic amines is 1. The van der Waals surface area contributed by atoms with Crippen LogP contribution in [0.3, 0.4) is 0 Å². The Kier molecular flexibility index (Phi) is 3.63. The summed E-state index contributed by atoms with van der Waals surface area (Å²) in [5, 5.41) is 6.52. The molecule has 0 saturated heterocycles. The Morgan fingerprint density at radius 1 is 1.42 bits per heavy atom. The van der Waals surface area contributed by atoms with Gasteiger partial charge in [0.15, 0.2) is 0 Å². The molecule has 0 amide bonds. The van der Waals surface area contributed by atoms with Crippen LogP contribution >= 0.6 is 11.6 Å². The second-order valence-corrected chi connectivity index (χ2v) is 5.77. The van der Waals surface area contributed by atoms with Crippen molar-refractivity contribution in [3.63, 3.8) is 0 Å². The predicted molar refractivity (Wildman–Crippen MR) is 69.9 cm³/mol. The highest BCUT2D eigenvalue weighted by molar-refractivity contribution is 7.92. The van der Waals surface area contributed by atoms with Crippen LogP contribution in [0.4, 0.5) is 5.95 Å². The van der Waals surface area contributed by atoms with E-state index in [0.29, 0.717) is 10.6 Å². The van der Waals surface area contributed by atoms with Crippen LogP contribution in [0.5, 0.6) is 6.01 Å². The molecule has 9 heteroatoms. The number of aryl methyl sites for hydroxylation is 1. The molecule has 1 aromatic heterocycles. The van der Waals surface area contributed by atoms with Crippen molar-refractivity contribution in [2.24, 2.45) is 0 Å². The zero-order valence-corrected chi connectivity index (χ0v) is 11.7. The van der Waals surface area contributed by atoms with E-state index in [2.05, 4.69) is 19.9 Å². The zero-order chi connectivity index (χ0) is 14.0. The molecule has 0 aliphatic heterocycles. The van der Waals surface area contributed by atoms with Crippen LogP contribution in [0, 0.1) is 6.92 Å². The number of rotatable bonds is 4. The molecule has 0 unspecified atom stereocenters. The summed E-state index contributed by atoms with van der Waals surface area (Å²) >= 11 is 5.79. The van der Waals surface area contributed by atoms with Gasteiger partial charge in [0, 0.05) is 5.02 Å². The summed E-state index contributed by atoms with van der Waals surface area (Å²) in [6.07, 6.45) is 0. The second kappa shape index (κ2) is 5.06. The maximum absolute atomic E-state index is 12.1. The molecule has 102 valence electrons. The maximum atomic E-state index is 12.1. The van der Waals surface area contributed by atoms with E-state index in [1.165, 1.54) is 19.2 Å². The molecule has 2 aromatic rings. The van der Waals surface area contributed by atoms with Gasteiger partial charge in [-0.3, -0.25) is 0 Å². The summed E-state index contributed by atoms with van der Waals surface area (Å²) in [6.45, 7) is 1.65. The Hall–Kier alpha value is -1.80. The lowest BCUT2D eigenvalue weighted by Gasteiger charge is -2.07. The number of halogens is 1. The lowest BCUT2D eigenvalue weighted by molar-refractivity contribution is 0.382. The Balaban J connectivity index is 2.32. The van der Waals surface area contributed by atoms with Crippen molar-refractivity contribution < 1.29 is 13.2 Å². The summed E-state index contributed by atoms with van der Waals surface area (Å²) in [6, 6.07) is 4.54. The van der Waals surface area contributed by atoms with Crippen molar-refractivity contribution in [3.05, 3.63) is 28.8 Å². The molecule has 1 heterocycles. The van der Waals surface area contributed by atoms with Gasteiger partial charge in [-0.2, -0.15) is 4.98 Å². The molecule has 0 bridgehead atoms. The molecular weight excluding hydrogens is 292 g/mol. The van der Waals surface area contributed by atoms with E-state index in [-0.39, 0.29) is 16.9 Å². The average molecular weight is 303 g/mol. The lowest BCUT2D eigenvalue weighted by atomic mass is 10.2. The number of sulfonamides is 1. The molecule has 0 fully saturated rings. The van der Waals surface area contributed by atoms with Crippen molar-refractivity contribution in [3.8, 4) is 6.01 Å². The Labute approximate surface area is 115 Å². The molecule has 2 rings (SSSR count). The monoisotopic (exact) mass is 302 g/mol. The third-order valence-electron chi connectivity index (χ3n) is 2.31. The molecule has 0 radical (unpaired) electrons. The van der Waals surface area contributed by atoms with Crippen LogP contribution in [0.1, 0.15) is 5.56 Å². The fourth-order valence-corrected chi connectivity index (χ4v) is 2.89. The minimum absolute atomic E-state index is 0.0220. The summed E-state index contributed by atoms with van der Waals surface area (Å²) in [5.41, 5.74) is 0.534. The highest BCUT2D eigenvalue weighted by Crippen LogP contribution is 2.21. The first kappa shape index (κ1) is 13.6. The Bertz CT molecular complexity index is 699. The van der Waals surface area contributed by atoms with Crippen LogP contribution in [0.25, 0.3) is 0 Å². The standard InChI is InChI=1S/C10H11ClN4O3S/c1-6-5-7(11)3-4-8(6)19(16,17)15-9-12-10(18-2)14-13-9/h3-5H,1-2H3,(H2,12,13,14,15). The maximum Gasteiger partial charge on any atom is 0.336 e. The molecule has 0 spiro atoms. The molecule has 0 saturated carbocycles. The van der Waals surface area contributed by atoms with E-state index in [9.17, 15) is 8.42 Å². The number of aromatic nitrogens is 3. The average Bonchev–Trinajstić information content (AvgIpc) is 2.75. The summed E-state index contributed by atoms with van der Waals surface area (Å²) < 4.78 is 31.3. The summed E-state index contributed by atoms with van der Waals surface area (Å²) in [4.78, 5) is 3.90. The summed E-state index contributed by atoms with van der Waals surface area (Å²) in [5.74, 6) is -0.0220. The van der Waals surface area contributed by atoms with Gasteiger partial charge in [-0.25, -0.2) is 18.2 Å². The number of nitrogens with zero attached hydrogens (tertiary/aromatic N) is 2. The normalized spacial score (nSPS) is 11.3. The second-order valence-electron chi connectivity index (χ2n) is 3.69. The van der Waals surface area contributed by atoms with E-state index in [4.69, 9.17) is 16.3 Å². The van der Waals surface area contributed by atoms with Gasteiger partial charge in [-0.1, -0.05) is 11.6 Å². The molecule has 0 atom stereocenters. The number of methoxy groups -OCH3 is 1. The Morgan fingerprint density at radius 3 is 2.74 bits per heavy atom. The first-order valence-corrected chi connectivity index (χ1v) is 7.04. The van der Waals surface area contributed by atoms with Crippen molar-refractivity contribution in [1.82, 2.24) is 15.2 Å². The van der Waals surface area contributed by atoms with Crippen molar-refractivity contribution >= 4 is 27.6 Å². The molecule has 2 N–H and O–H groups in total. The van der Waals surface area contributed by atoms with Gasteiger partial charge in [0.2, 0.25) is 5.95 Å². The minimum Gasteiger partial charge on any atom is -0.466 e. The SMILES string of the molecule is COc1n[nH]c(NS(=O)(=O)c2ccc(Cl)cc2C)n1. The van der Waals surface area contributed by atoms with Gasteiger partial charge >= 0.3 is 6.01 Å². The molecule has 1 aromatic carbocycles. The molecular formula is C10H11ClN4O3S. The van der Waals surface area contributed by atoms with Crippen LogP contribution in [0.2, 0.25) is 5.02 Å². The lowest BCUT2D eigenvalue weighted by Crippen LogP contribution is -2.15. The highest BCUT2D eigenvalue weighted by atomic mass is 35.5. The minimum atomic E-state index is -3.75. The third kappa shape index (κ3) is 2.96. The van der Waals surface area contributed by atoms with E-state index in [1.807, 2.05) is 0 Å². The fourth-order valence-electron chi connectivity index (χ4n) is 1.48. The predicted octanol–water partition coefficient (Wildman–Crippen LogP) is 1.58. The van der Waals surface area contributed by atoms with Crippen molar-refractivity contribution in [2.45, 2.75) is 11.8 Å². The number of nitrogens with one attached hydrogen (secondary N) is 2. The highest BCUT2D eigenvalue weighted by Gasteiger charge is 2.19.